The Morgan fingerprint density at radius 1 is 0.288 bits per heavy atom. The predicted molar refractivity (Wildman–Crippen MR) is 305 cm³/mol. The molecule has 14 rings (SSSR count). The molecule has 0 saturated carbocycles. The van der Waals surface area contributed by atoms with E-state index >= 15 is 0 Å². The lowest BCUT2D eigenvalue weighted by molar-refractivity contribution is 0.669. The molecule has 0 unspecified atom stereocenters. The molecule has 0 aliphatic heterocycles. The van der Waals surface area contributed by atoms with Crippen LogP contribution in [0.5, 0.6) is 0 Å². The lowest BCUT2D eigenvalue weighted by atomic mass is 9.67. The Hall–Kier alpha value is -9.50. The zero-order valence-corrected chi connectivity index (χ0v) is 40.0. The van der Waals surface area contributed by atoms with Crippen LogP contribution in [0.4, 0.5) is 17.1 Å². The fourth-order valence-electron chi connectivity index (χ4n) is 12.1. The summed E-state index contributed by atoms with van der Waals surface area (Å²) in [5.74, 6) is 0. The summed E-state index contributed by atoms with van der Waals surface area (Å²) in [7, 11) is 0. The molecule has 1 aromatic heterocycles. The molecule has 0 atom stereocenters. The minimum atomic E-state index is -0.486. The van der Waals surface area contributed by atoms with Crippen molar-refractivity contribution >= 4 is 49.8 Å². The number of nitrogens with zero attached hydrogens (tertiary/aromatic N) is 1. The average molecular weight is 930 g/mol. The Morgan fingerprint density at radius 2 is 0.753 bits per heavy atom. The summed E-state index contributed by atoms with van der Waals surface area (Å²) in [6.07, 6.45) is 0. The number of hydrogen-bond donors (Lipinski definition) is 0. The van der Waals surface area contributed by atoms with E-state index in [-0.39, 0.29) is 0 Å². The topological polar surface area (TPSA) is 16.4 Å². The zero-order chi connectivity index (χ0) is 48.3. The van der Waals surface area contributed by atoms with Crippen LogP contribution in [0.3, 0.4) is 0 Å². The maximum Gasteiger partial charge on any atom is 0.136 e. The van der Waals surface area contributed by atoms with E-state index in [4.69, 9.17) is 4.42 Å². The molecular formula is C71H47NO. The van der Waals surface area contributed by atoms with Crippen molar-refractivity contribution in [3.8, 4) is 55.6 Å². The first-order chi connectivity index (χ1) is 36.3. The van der Waals surface area contributed by atoms with Crippen LogP contribution in [0.1, 0.15) is 22.3 Å². The van der Waals surface area contributed by atoms with Crippen LogP contribution in [0, 0.1) is 0 Å². The van der Waals surface area contributed by atoms with Gasteiger partial charge in [-0.2, -0.15) is 0 Å². The van der Waals surface area contributed by atoms with Gasteiger partial charge in [0.25, 0.3) is 0 Å². The van der Waals surface area contributed by atoms with E-state index in [9.17, 15) is 0 Å². The number of fused-ring (bicyclic) bond motifs is 7. The second-order valence-corrected chi connectivity index (χ2v) is 19.0. The molecule has 0 saturated heterocycles. The van der Waals surface area contributed by atoms with Gasteiger partial charge in [0.05, 0.1) is 16.8 Å². The molecule has 1 heterocycles. The number of furan rings is 1. The Balaban J connectivity index is 0.993. The van der Waals surface area contributed by atoms with Crippen LogP contribution in [-0.4, -0.2) is 0 Å². The first-order valence-corrected chi connectivity index (χ1v) is 25.2. The Kier molecular flexibility index (Phi) is 10.1. The lowest BCUT2D eigenvalue weighted by Gasteiger charge is -2.34. The van der Waals surface area contributed by atoms with Gasteiger partial charge in [0.2, 0.25) is 0 Å². The summed E-state index contributed by atoms with van der Waals surface area (Å²) in [5, 5.41) is 4.63. The maximum absolute atomic E-state index is 6.51. The van der Waals surface area contributed by atoms with Crippen molar-refractivity contribution in [2.75, 3.05) is 4.90 Å². The molecule has 1 aliphatic rings. The van der Waals surface area contributed by atoms with Gasteiger partial charge < -0.3 is 9.32 Å². The quantitative estimate of drug-likeness (QED) is 0.143. The number of rotatable bonds is 9. The standard InChI is InChI=1S/C71H47NO/c1-4-22-48(23-5-1)54-34-18-24-50-25-19-36-58(68(50)54)56-30-11-15-40-64(56)72(65-41-16-12-31-57(65)59-37-21-43-67-70(59)61-33-13-17-42-66(61)73-67)53-46-44-49(45-47-53)55-35-20-39-63-69(55)60-32-10-14-38-62(60)71(63,51-26-6-2-7-27-51)52-28-8-3-9-29-52/h1-47H. The molecule has 0 N–H and O–H groups in total. The van der Waals surface area contributed by atoms with E-state index in [2.05, 4.69) is 284 Å². The smallest absolute Gasteiger partial charge is 0.136 e. The molecule has 2 nitrogen and oxygen atoms in total. The lowest BCUT2D eigenvalue weighted by Crippen LogP contribution is -2.28. The second-order valence-electron chi connectivity index (χ2n) is 19.0. The van der Waals surface area contributed by atoms with E-state index in [0.29, 0.717) is 0 Å². The maximum atomic E-state index is 6.51. The number of para-hydroxylation sites is 3. The average Bonchev–Trinajstić information content (AvgIpc) is 4.01. The summed E-state index contributed by atoms with van der Waals surface area (Å²) in [6.45, 7) is 0. The molecule has 0 bridgehead atoms. The molecule has 73 heavy (non-hydrogen) atoms. The summed E-state index contributed by atoms with van der Waals surface area (Å²) in [6, 6.07) is 104. The van der Waals surface area contributed by atoms with Crippen molar-refractivity contribution in [3.63, 3.8) is 0 Å². The Bertz CT molecular complexity index is 4150. The van der Waals surface area contributed by atoms with E-state index in [1.54, 1.807) is 0 Å². The fraction of sp³-hybridized carbons (Fsp3) is 0.0141. The number of benzene rings is 12. The molecule has 2 heteroatoms. The van der Waals surface area contributed by atoms with Crippen molar-refractivity contribution in [1.82, 2.24) is 0 Å². The third kappa shape index (κ3) is 6.72. The largest absolute Gasteiger partial charge is 0.456 e. The highest BCUT2D eigenvalue weighted by Crippen LogP contribution is 2.58. The van der Waals surface area contributed by atoms with E-state index < -0.39 is 5.41 Å². The SMILES string of the molecule is c1ccc(-c2cccc3cccc(-c4ccccc4N(c4ccc(-c5cccc6c5-c5ccccc5C6(c5ccccc5)c5ccccc5)cc4)c4ccccc4-c4cccc5oc6ccccc6c45)c23)cc1. The van der Waals surface area contributed by atoms with Gasteiger partial charge in [-0.1, -0.05) is 249 Å². The zero-order valence-electron chi connectivity index (χ0n) is 40.0. The van der Waals surface area contributed by atoms with Gasteiger partial charge >= 0.3 is 0 Å². The van der Waals surface area contributed by atoms with E-state index in [1.807, 2.05) is 6.07 Å². The highest BCUT2D eigenvalue weighted by molar-refractivity contribution is 6.15. The monoisotopic (exact) mass is 929 g/mol. The van der Waals surface area contributed by atoms with Crippen molar-refractivity contribution in [1.29, 1.82) is 0 Å². The Labute approximate surface area is 425 Å². The van der Waals surface area contributed by atoms with Crippen LogP contribution in [0.15, 0.2) is 290 Å². The minimum absolute atomic E-state index is 0.486. The van der Waals surface area contributed by atoms with Gasteiger partial charge in [-0.05, 0) is 114 Å². The molecule has 0 fully saturated rings. The van der Waals surface area contributed by atoms with Gasteiger partial charge in [-0.15, -0.1) is 0 Å². The van der Waals surface area contributed by atoms with Gasteiger partial charge in [0.15, 0.2) is 0 Å². The Morgan fingerprint density at radius 3 is 1.44 bits per heavy atom. The molecule has 0 spiro atoms. The van der Waals surface area contributed by atoms with Gasteiger partial charge in [-0.25, -0.2) is 0 Å². The first kappa shape index (κ1) is 42.4. The van der Waals surface area contributed by atoms with Gasteiger partial charge in [0, 0.05) is 27.6 Å². The van der Waals surface area contributed by atoms with Crippen molar-refractivity contribution in [3.05, 3.63) is 307 Å². The van der Waals surface area contributed by atoms with Crippen LogP contribution >= 0.6 is 0 Å². The summed E-state index contributed by atoms with van der Waals surface area (Å²) in [4.78, 5) is 2.47. The van der Waals surface area contributed by atoms with Crippen LogP contribution in [-0.2, 0) is 5.41 Å². The van der Waals surface area contributed by atoms with Crippen LogP contribution in [0.2, 0.25) is 0 Å². The van der Waals surface area contributed by atoms with Crippen molar-refractivity contribution in [2.45, 2.75) is 5.41 Å². The number of hydrogen-bond acceptors (Lipinski definition) is 2. The number of anilines is 3. The fourth-order valence-corrected chi connectivity index (χ4v) is 12.1. The third-order valence-electron chi connectivity index (χ3n) is 15.2. The van der Waals surface area contributed by atoms with Crippen molar-refractivity contribution < 1.29 is 4.42 Å². The molecular weight excluding hydrogens is 883 g/mol. The van der Waals surface area contributed by atoms with Gasteiger partial charge in [0.1, 0.15) is 11.2 Å². The molecule has 342 valence electrons. The first-order valence-electron chi connectivity index (χ1n) is 25.2. The molecule has 0 radical (unpaired) electrons. The van der Waals surface area contributed by atoms with Crippen molar-refractivity contribution in [2.24, 2.45) is 0 Å². The molecule has 12 aromatic carbocycles. The highest BCUT2D eigenvalue weighted by atomic mass is 16.3. The van der Waals surface area contributed by atoms with E-state index in [1.165, 1.54) is 66.4 Å². The predicted octanol–water partition coefficient (Wildman–Crippen LogP) is 19.2. The van der Waals surface area contributed by atoms with Crippen LogP contribution < -0.4 is 4.90 Å². The summed E-state index contributed by atoms with van der Waals surface area (Å²) in [5.41, 5.74) is 21.4. The third-order valence-corrected chi connectivity index (χ3v) is 15.2. The van der Waals surface area contributed by atoms with Crippen LogP contribution in [0.25, 0.3) is 88.3 Å². The second kappa shape index (κ2) is 17.4. The normalized spacial score (nSPS) is 12.5. The molecule has 0 amide bonds. The highest BCUT2D eigenvalue weighted by Gasteiger charge is 2.46. The summed E-state index contributed by atoms with van der Waals surface area (Å²) < 4.78 is 6.51. The molecule has 13 aromatic rings. The van der Waals surface area contributed by atoms with E-state index in [0.717, 1.165) is 61.3 Å². The van der Waals surface area contributed by atoms with Gasteiger partial charge in [-0.3, -0.25) is 0 Å². The summed E-state index contributed by atoms with van der Waals surface area (Å²) >= 11 is 0. The molecule has 1 aliphatic carbocycles. The minimum Gasteiger partial charge on any atom is -0.456 e.